The lowest BCUT2D eigenvalue weighted by Gasteiger charge is -2.19. The Hall–Kier alpha value is -7.27. The zero-order chi connectivity index (χ0) is 46.2. The maximum absolute atomic E-state index is 13.8. The second-order valence-electron chi connectivity index (χ2n) is 14.6. The minimum absolute atomic E-state index is 0.0711. The van der Waals surface area contributed by atoms with Crippen molar-refractivity contribution >= 4 is 66.8 Å². The molecule has 0 bridgehead atoms. The zero-order valence-corrected chi connectivity index (χ0v) is 36.2. The molecule has 64 heavy (non-hydrogen) atoms. The lowest BCUT2D eigenvalue weighted by molar-refractivity contribution is -0.138. The van der Waals surface area contributed by atoms with Crippen LogP contribution in [-0.4, -0.2) is 89.1 Å². The van der Waals surface area contributed by atoms with Gasteiger partial charge in [-0.05, 0) is 74.2 Å². The highest BCUT2D eigenvalue weighted by molar-refractivity contribution is 7.89. The summed E-state index contributed by atoms with van der Waals surface area (Å²) >= 11 is 0. The number of fused-ring (bicyclic) bond motifs is 1. The van der Waals surface area contributed by atoms with Crippen LogP contribution < -0.4 is 31.5 Å². The molecule has 22 heteroatoms. The van der Waals surface area contributed by atoms with E-state index in [1.165, 1.54) is 48.9 Å². The number of imidazole rings is 1. The number of carbonyl (C=O) groups excluding carboxylic acids is 2. The lowest BCUT2D eigenvalue weighted by atomic mass is 10.1. The standard InChI is InChI=1S/C42H44N10O10S2/c1-25-17-26(2)38(27(3)18-25)63(58,59)51-33(41(56)57)23-47-40(55)32-24-52(34-19-28(9-11-31(34)37(32)53)20-48-42-44-14-15-45-42)16-6-13-43-39(54)30-10-12-36(46-21-30)50-49-22-29-7-4-5-8-35(29)64(60,61)62/h4-5,7-12,14-15,17-19,21-22,24,33,51H,6,13,16,20,23H2,1-3H3,(H,43,54)(H,46,50)(H,47,55)(H,56,57)(H2,44,45,48)(H,60,61,62)/b49-22+/t33-/m0/s1. The number of carboxylic acids is 1. The number of rotatable bonds is 19. The molecule has 0 aliphatic heterocycles. The summed E-state index contributed by atoms with van der Waals surface area (Å²) in [4.78, 5) is 63.6. The van der Waals surface area contributed by atoms with E-state index in [1.54, 1.807) is 74.1 Å². The van der Waals surface area contributed by atoms with Gasteiger partial charge in [0.25, 0.3) is 21.9 Å². The summed E-state index contributed by atoms with van der Waals surface area (Å²) in [6.45, 7) is 5.02. The zero-order valence-electron chi connectivity index (χ0n) is 34.6. The van der Waals surface area contributed by atoms with Crippen LogP contribution in [0.25, 0.3) is 10.9 Å². The largest absolute Gasteiger partial charge is 0.480 e. The van der Waals surface area contributed by atoms with Gasteiger partial charge < -0.3 is 30.6 Å². The van der Waals surface area contributed by atoms with E-state index < -0.39 is 55.9 Å². The molecule has 3 aromatic carbocycles. The van der Waals surface area contributed by atoms with Crippen molar-refractivity contribution < 1.29 is 40.9 Å². The molecule has 3 aromatic heterocycles. The molecule has 6 aromatic rings. The molecular weight excluding hydrogens is 869 g/mol. The minimum atomic E-state index is -4.47. The van der Waals surface area contributed by atoms with E-state index in [2.05, 4.69) is 46.2 Å². The smallest absolute Gasteiger partial charge is 0.323 e. The molecule has 0 aliphatic rings. The van der Waals surface area contributed by atoms with Crippen molar-refractivity contribution in [2.45, 2.75) is 56.1 Å². The molecule has 0 spiro atoms. The molecule has 0 saturated heterocycles. The number of anilines is 2. The van der Waals surface area contributed by atoms with Crippen LogP contribution in [0.1, 0.15) is 55.0 Å². The fourth-order valence-corrected chi connectivity index (χ4v) is 9.20. The summed E-state index contributed by atoms with van der Waals surface area (Å²) < 4.78 is 63.3. The summed E-state index contributed by atoms with van der Waals surface area (Å²) in [7, 11) is -8.81. The first kappa shape index (κ1) is 46.2. The van der Waals surface area contributed by atoms with Crippen molar-refractivity contribution in [1.82, 2.24) is 34.9 Å². The van der Waals surface area contributed by atoms with Crippen molar-refractivity contribution in [1.29, 1.82) is 0 Å². The van der Waals surface area contributed by atoms with Crippen LogP contribution in [-0.2, 0) is 38.0 Å². The maximum Gasteiger partial charge on any atom is 0.323 e. The average molecular weight is 913 g/mol. The van der Waals surface area contributed by atoms with Gasteiger partial charge in [-0.25, -0.2) is 18.4 Å². The average Bonchev–Trinajstić information content (AvgIpc) is 3.77. The third-order valence-electron chi connectivity index (χ3n) is 9.75. The molecule has 1 atom stereocenters. The van der Waals surface area contributed by atoms with Crippen LogP contribution in [0.5, 0.6) is 0 Å². The van der Waals surface area contributed by atoms with Crippen molar-refractivity contribution in [3.8, 4) is 0 Å². The Morgan fingerprint density at radius 2 is 1.69 bits per heavy atom. The van der Waals surface area contributed by atoms with Crippen LogP contribution in [0.4, 0.5) is 11.8 Å². The molecule has 0 saturated carbocycles. The molecule has 0 unspecified atom stereocenters. The van der Waals surface area contributed by atoms with Crippen LogP contribution in [0.15, 0.2) is 111 Å². The summed E-state index contributed by atoms with van der Waals surface area (Å²) in [5, 5.41) is 22.5. The van der Waals surface area contributed by atoms with E-state index >= 15 is 0 Å². The highest BCUT2D eigenvalue weighted by atomic mass is 32.2. The number of carboxylic acid groups (broad SMARTS) is 1. The normalized spacial score (nSPS) is 12.2. The molecule has 3 heterocycles. The summed E-state index contributed by atoms with van der Waals surface area (Å²) in [5.74, 6) is -2.15. The topological polar surface area (TPSA) is 296 Å². The van der Waals surface area contributed by atoms with E-state index in [-0.39, 0.29) is 50.8 Å². The highest BCUT2D eigenvalue weighted by Crippen LogP contribution is 2.22. The number of aryl methyl sites for hydroxylation is 4. The molecule has 8 N–H and O–H groups in total. The molecule has 0 radical (unpaired) electrons. The third kappa shape index (κ3) is 11.4. The number of nitrogens with zero attached hydrogens (tertiary/aromatic N) is 4. The molecule has 334 valence electrons. The molecule has 0 aliphatic carbocycles. The van der Waals surface area contributed by atoms with Crippen molar-refractivity contribution in [2.75, 3.05) is 23.8 Å². The number of hydrogen-bond donors (Lipinski definition) is 8. The number of nitrogens with one attached hydrogen (secondary N) is 6. The molecule has 0 fully saturated rings. The Morgan fingerprint density at radius 3 is 2.36 bits per heavy atom. The number of pyridine rings is 2. The quantitative estimate of drug-likeness (QED) is 0.0250. The Labute approximate surface area is 367 Å². The van der Waals surface area contributed by atoms with Gasteiger partial charge in [-0.3, -0.25) is 29.2 Å². The Bertz CT molecular complexity index is 3010. The number of carbonyl (C=O) groups is 3. The third-order valence-corrected chi connectivity index (χ3v) is 12.5. The van der Waals surface area contributed by atoms with Gasteiger partial charge in [-0.15, -0.1) is 0 Å². The van der Waals surface area contributed by atoms with Crippen LogP contribution in [0, 0.1) is 20.8 Å². The first-order chi connectivity index (χ1) is 30.4. The molecular formula is C42H44N10O10S2. The first-order valence-electron chi connectivity index (χ1n) is 19.5. The van der Waals surface area contributed by atoms with Crippen molar-refractivity contribution in [3.63, 3.8) is 0 Å². The second kappa shape index (κ2) is 19.8. The Balaban J connectivity index is 1.14. The summed E-state index contributed by atoms with van der Waals surface area (Å²) in [6.07, 6.45) is 7.41. The SMILES string of the molecule is Cc1cc(C)c(S(=O)(=O)N[C@@H](CNC(=O)c2cn(CCCNC(=O)c3ccc(N/N=C/c4ccccc4S(=O)(=O)O)nc3)c3cc(CNc4ncc[nH]4)ccc3c2=O)C(=O)O)c(C)c1. The Morgan fingerprint density at radius 1 is 0.938 bits per heavy atom. The van der Waals surface area contributed by atoms with Crippen LogP contribution in [0.3, 0.4) is 0 Å². The number of benzene rings is 3. The molecule has 20 nitrogen and oxygen atoms in total. The van der Waals surface area contributed by atoms with E-state index in [4.69, 9.17) is 0 Å². The van der Waals surface area contributed by atoms with Gasteiger partial charge >= 0.3 is 5.97 Å². The van der Waals surface area contributed by atoms with E-state index in [0.29, 0.717) is 35.6 Å². The van der Waals surface area contributed by atoms with E-state index in [1.807, 2.05) is 0 Å². The fourth-order valence-electron chi connectivity index (χ4n) is 6.88. The molecule has 2 amide bonds. The number of aromatic nitrogens is 4. The number of H-pyrrole nitrogens is 1. The van der Waals surface area contributed by atoms with E-state index in [9.17, 15) is 45.7 Å². The number of aromatic amines is 1. The number of sulfonamides is 1. The number of amides is 2. The van der Waals surface area contributed by atoms with E-state index in [0.717, 1.165) is 11.1 Å². The minimum Gasteiger partial charge on any atom is -0.480 e. The predicted molar refractivity (Wildman–Crippen MR) is 238 cm³/mol. The monoisotopic (exact) mass is 912 g/mol. The first-order valence-corrected chi connectivity index (χ1v) is 22.4. The van der Waals surface area contributed by atoms with Gasteiger partial charge in [-0.1, -0.05) is 42.0 Å². The van der Waals surface area contributed by atoms with Gasteiger partial charge in [0.05, 0.1) is 22.2 Å². The van der Waals surface area contributed by atoms with Gasteiger partial charge in [0.15, 0.2) is 5.95 Å². The lowest BCUT2D eigenvalue weighted by Crippen LogP contribution is -2.49. The molecule has 6 rings (SSSR count). The van der Waals surface area contributed by atoms with Crippen LogP contribution in [0.2, 0.25) is 0 Å². The van der Waals surface area contributed by atoms with Crippen molar-refractivity contribution in [2.24, 2.45) is 5.10 Å². The highest BCUT2D eigenvalue weighted by Gasteiger charge is 2.29. The number of hydrazone groups is 1. The maximum atomic E-state index is 13.8. The van der Waals surface area contributed by atoms with Gasteiger partial charge in [-0.2, -0.15) is 18.2 Å². The fraction of sp³-hybridized carbons (Fsp3) is 0.214. The Kier molecular flexibility index (Phi) is 14.3. The van der Waals surface area contributed by atoms with Gasteiger partial charge in [0, 0.05) is 61.9 Å². The summed E-state index contributed by atoms with van der Waals surface area (Å²) in [6, 6.07) is 15.3. The predicted octanol–water partition coefficient (Wildman–Crippen LogP) is 3.33. The summed E-state index contributed by atoms with van der Waals surface area (Å²) in [5.41, 5.74) is 4.95. The van der Waals surface area contributed by atoms with Crippen LogP contribution >= 0.6 is 0 Å². The number of hydrogen-bond acceptors (Lipinski definition) is 13. The van der Waals surface area contributed by atoms with Gasteiger partial charge in [0.1, 0.15) is 22.3 Å². The van der Waals surface area contributed by atoms with Crippen molar-refractivity contribution in [3.05, 3.63) is 141 Å². The second-order valence-corrected chi connectivity index (χ2v) is 17.6. The number of aliphatic carboxylic acids is 1. The van der Waals surface area contributed by atoms with Gasteiger partial charge in [0.2, 0.25) is 15.5 Å².